The Morgan fingerprint density at radius 1 is 1.22 bits per heavy atom. The number of hydrogen-bond donors (Lipinski definition) is 4. The summed E-state index contributed by atoms with van der Waals surface area (Å²) in [5.74, 6) is 0.189. The topological polar surface area (TPSA) is 121 Å². The monoisotopic (exact) mass is 374 g/mol. The molecular weight excluding hydrogens is 352 g/mol. The van der Waals surface area contributed by atoms with Crippen molar-refractivity contribution in [1.82, 2.24) is 10.3 Å². The van der Waals surface area contributed by atoms with Crippen molar-refractivity contribution in [2.45, 2.75) is 30.5 Å². The van der Waals surface area contributed by atoms with E-state index in [1.165, 1.54) is 6.20 Å². The fourth-order valence-corrected chi connectivity index (χ4v) is 3.09. The van der Waals surface area contributed by atoms with Crippen LogP contribution < -0.4 is 10.1 Å². The third-order valence-corrected chi connectivity index (χ3v) is 4.59. The number of nitrogens with one attached hydrogen (secondary N) is 1. The molecule has 27 heavy (non-hydrogen) atoms. The van der Waals surface area contributed by atoms with Gasteiger partial charge in [0.25, 0.3) is 5.91 Å². The number of pyridine rings is 1. The van der Waals surface area contributed by atoms with Gasteiger partial charge in [-0.3, -0.25) is 9.78 Å². The number of methoxy groups -OCH3 is 1. The molecule has 1 aliphatic rings. The van der Waals surface area contributed by atoms with E-state index in [0.717, 1.165) is 0 Å². The number of nitrogens with zero attached hydrogens (tertiary/aromatic N) is 1. The van der Waals surface area contributed by atoms with E-state index in [-0.39, 0.29) is 0 Å². The third-order valence-electron chi connectivity index (χ3n) is 4.59. The highest BCUT2D eigenvalue weighted by atomic mass is 16.5. The van der Waals surface area contributed by atoms with Gasteiger partial charge in [0, 0.05) is 12.4 Å². The number of ether oxygens (including phenoxy) is 2. The minimum Gasteiger partial charge on any atom is -0.497 e. The van der Waals surface area contributed by atoms with Crippen molar-refractivity contribution in [3.8, 4) is 5.75 Å². The molecule has 1 amide bonds. The molecule has 0 spiro atoms. The Morgan fingerprint density at radius 2 is 1.96 bits per heavy atom. The number of aliphatic hydroxyl groups excluding tert-OH is 3. The quantitative estimate of drug-likeness (QED) is 0.583. The van der Waals surface area contributed by atoms with Crippen molar-refractivity contribution in [3.05, 3.63) is 59.9 Å². The summed E-state index contributed by atoms with van der Waals surface area (Å²) in [6.07, 6.45) is -1.47. The molecule has 0 saturated carbocycles. The van der Waals surface area contributed by atoms with Crippen LogP contribution in [-0.2, 0) is 4.74 Å². The van der Waals surface area contributed by atoms with Crippen molar-refractivity contribution in [2.24, 2.45) is 0 Å². The van der Waals surface area contributed by atoms with Crippen LogP contribution >= 0.6 is 0 Å². The summed E-state index contributed by atoms with van der Waals surface area (Å²) >= 11 is 0. The van der Waals surface area contributed by atoms with Crippen LogP contribution in [0.1, 0.15) is 22.0 Å². The molecule has 4 N–H and O–H groups in total. The van der Waals surface area contributed by atoms with Gasteiger partial charge in [-0.2, -0.15) is 0 Å². The van der Waals surface area contributed by atoms with Gasteiger partial charge in [0.2, 0.25) is 0 Å². The molecule has 1 aliphatic heterocycles. The summed E-state index contributed by atoms with van der Waals surface area (Å²) in [6, 6.07) is 9.23. The summed E-state index contributed by atoms with van der Waals surface area (Å²) in [6.45, 7) is -0.464. The summed E-state index contributed by atoms with van der Waals surface area (Å²) < 4.78 is 10.9. The first kappa shape index (κ1) is 19.2. The maximum absolute atomic E-state index is 12.5. The molecule has 5 atom stereocenters. The normalized spacial score (nSPS) is 27.8. The van der Waals surface area contributed by atoms with E-state index >= 15 is 0 Å². The largest absolute Gasteiger partial charge is 0.497 e. The second-order valence-electron chi connectivity index (χ2n) is 6.27. The molecule has 0 bridgehead atoms. The molecule has 0 unspecified atom stereocenters. The summed E-state index contributed by atoms with van der Waals surface area (Å²) in [7, 11) is 1.55. The van der Waals surface area contributed by atoms with Gasteiger partial charge in [0.1, 0.15) is 30.2 Å². The van der Waals surface area contributed by atoms with Crippen LogP contribution in [0, 0.1) is 0 Å². The Hall–Kier alpha value is -2.52. The maximum Gasteiger partial charge on any atom is 0.253 e. The van der Waals surface area contributed by atoms with Gasteiger partial charge in [0.05, 0.1) is 25.3 Å². The third kappa shape index (κ3) is 4.09. The molecule has 0 aliphatic carbocycles. The van der Waals surface area contributed by atoms with Crippen LogP contribution in [0.5, 0.6) is 5.75 Å². The predicted octanol–water partition coefficient (Wildman–Crippen LogP) is 0.0428. The standard InChI is InChI=1S/C19H22N2O6/c1-26-13-6-4-11(5-7-13)18-15(17(24)16(23)14(10-22)27-18)21-19(25)12-3-2-8-20-9-12/h2-9,14-18,22-24H,10H2,1H3,(H,21,25)/t14-,15-,16+,17-,18+/m1/s1. The lowest BCUT2D eigenvalue weighted by molar-refractivity contribution is -0.195. The zero-order chi connectivity index (χ0) is 19.4. The Balaban J connectivity index is 1.89. The van der Waals surface area contributed by atoms with Crippen LogP contribution in [0.2, 0.25) is 0 Å². The number of aliphatic hydroxyl groups is 3. The van der Waals surface area contributed by atoms with Crippen LogP contribution in [0.25, 0.3) is 0 Å². The zero-order valence-corrected chi connectivity index (χ0v) is 14.7. The summed E-state index contributed by atoms with van der Waals surface area (Å²) in [4.78, 5) is 16.4. The molecule has 1 fully saturated rings. The first-order chi connectivity index (χ1) is 13.0. The Bertz CT molecular complexity index is 755. The summed E-state index contributed by atoms with van der Waals surface area (Å²) in [5, 5.41) is 33.0. The average molecular weight is 374 g/mol. The molecule has 2 aromatic rings. The van der Waals surface area contributed by atoms with Gasteiger partial charge in [-0.1, -0.05) is 12.1 Å². The lowest BCUT2D eigenvalue weighted by atomic mass is 9.89. The van der Waals surface area contributed by atoms with Gasteiger partial charge >= 0.3 is 0 Å². The van der Waals surface area contributed by atoms with E-state index in [4.69, 9.17) is 9.47 Å². The maximum atomic E-state index is 12.5. The number of carbonyl (C=O) groups excluding carboxylic acids is 1. The molecule has 3 rings (SSSR count). The first-order valence-electron chi connectivity index (χ1n) is 8.52. The minimum absolute atomic E-state index is 0.317. The first-order valence-corrected chi connectivity index (χ1v) is 8.52. The number of hydrogen-bond acceptors (Lipinski definition) is 7. The lowest BCUT2D eigenvalue weighted by Crippen LogP contribution is -2.61. The Labute approximate surface area is 156 Å². The van der Waals surface area contributed by atoms with Crippen molar-refractivity contribution in [3.63, 3.8) is 0 Å². The van der Waals surface area contributed by atoms with E-state index in [0.29, 0.717) is 16.9 Å². The van der Waals surface area contributed by atoms with Crippen LogP contribution in [0.3, 0.4) is 0 Å². The molecule has 2 heterocycles. The lowest BCUT2D eigenvalue weighted by Gasteiger charge is -2.43. The minimum atomic E-state index is -1.34. The molecule has 0 radical (unpaired) electrons. The molecule has 8 nitrogen and oxygen atoms in total. The fourth-order valence-electron chi connectivity index (χ4n) is 3.09. The van der Waals surface area contributed by atoms with E-state index in [9.17, 15) is 20.1 Å². The highest BCUT2D eigenvalue weighted by Crippen LogP contribution is 2.33. The Kier molecular flexibility index (Phi) is 6.02. The molecule has 1 saturated heterocycles. The van der Waals surface area contributed by atoms with Crippen molar-refractivity contribution < 1.29 is 29.6 Å². The highest BCUT2D eigenvalue weighted by molar-refractivity contribution is 5.94. The number of carbonyl (C=O) groups is 1. The molecule has 144 valence electrons. The number of rotatable bonds is 5. The van der Waals surface area contributed by atoms with Gasteiger partial charge in [-0.15, -0.1) is 0 Å². The molecule has 8 heteroatoms. The van der Waals surface area contributed by atoms with Crippen LogP contribution in [-0.4, -0.2) is 64.3 Å². The van der Waals surface area contributed by atoms with Crippen molar-refractivity contribution >= 4 is 5.91 Å². The molecular formula is C19H22N2O6. The van der Waals surface area contributed by atoms with Crippen LogP contribution in [0.4, 0.5) is 0 Å². The average Bonchev–Trinajstić information content (AvgIpc) is 2.72. The second-order valence-corrected chi connectivity index (χ2v) is 6.27. The number of amides is 1. The van der Waals surface area contributed by atoms with Gasteiger partial charge in [0.15, 0.2) is 0 Å². The zero-order valence-electron chi connectivity index (χ0n) is 14.7. The second kappa shape index (κ2) is 8.45. The Morgan fingerprint density at radius 3 is 2.56 bits per heavy atom. The van der Waals surface area contributed by atoms with E-state index < -0.39 is 43.0 Å². The van der Waals surface area contributed by atoms with Gasteiger partial charge in [-0.25, -0.2) is 0 Å². The SMILES string of the molecule is COc1ccc([C@@H]2O[C@H](CO)[C@H](O)[C@H](O)[C@H]2NC(=O)c2cccnc2)cc1. The summed E-state index contributed by atoms with van der Waals surface area (Å²) in [5.41, 5.74) is 0.980. The smallest absolute Gasteiger partial charge is 0.253 e. The molecule has 1 aromatic carbocycles. The van der Waals surface area contributed by atoms with Gasteiger partial charge in [-0.05, 0) is 29.8 Å². The fraction of sp³-hybridized carbons (Fsp3) is 0.368. The van der Waals surface area contributed by atoms with Crippen molar-refractivity contribution in [2.75, 3.05) is 13.7 Å². The van der Waals surface area contributed by atoms with E-state index in [1.807, 2.05) is 0 Å². The number of aromatic nitrogens is 1. The van der Waals surface area contributed by atoms with Crippen LogP contribution in [0.15, 0.2) is 48.8 Å². The predicted molar refractivity (Wildman–Crippen MR) is 95.2 cm³/mol. The van der Waals surface area contributed by atoms with Crippen molar-refractivity contribution in [1.29, 1.82) is 0 Å². The molecule has 1 aromatic heterocycles. The number of benzene rings is 1. The van der Waals surface area contributed by atoms with Gasteiger partial charge < -0.3 is 30.1 Å². The van der Waals surface area contributed by atoms with E-state index in [1.54, 1.807) is 49.7 Å². The van der Waals surface area contributed by atoms with E-state index in [2.05, 4.69) is 10.3 Å². The highest BCUT2D eigenvalue weighted by Gasteiger charge is 2.45.